The Balaban J connectivity index is 1.40. The number of hydrogen-bond acceptors (Lipinski definition) is 3. The maximum atomic E-state index is 12.1. The van der Waals surface area contributed by atoms with E-state index in [4.69, 9.17) is 0 Å². The van der Waals surface area contributed by atoms with Crippen molar-refractivity contribution in [1.82, 2.24) is 20.4 Å². The number of aromatic nitrogens is 2. The second-order valence-electron chi connectivity index (χ2n) is 6.51. The fraction of sp³-hybridized carbons (Fsp3) is 0.227. The first-order valence-corrected chi connectivity index (χ1v) is 9.32. The minimum atomic E-state index is -0.0890. The molecule has 3 rings (SSSR count). The predicted octanol–water partition coefficient (Wildman–Crippen LogP) is 2.30. The van der Waals surface area contributed by atoms with Gasteiger partial charge < -0.3 is 10.6 Å². The Kier molecular flexibility index (Phi) is 6.95. The van der Waals surface area contributed by atoms with Crippen LogP contribution in [0, 0.1) is 0 Å². The first kappa shape index (κ1) is 19.4. The maximum Gasteiger partial charge on any atom is 0.224 e. The summed E-state index contributed by atoms with van der Waals surface area (Å²) in [4.78, 5) is 24.0. The number of amides is 2. The lowest BCUT2D eigenvalue weighted by atomic mass is 10.1. The molecule has 0 atom stereocenters. The molecule has 2 aromatic carbocycles. The van der Waals surface area contributed by atoms with Crippen LogP contribution in [0.2, 0.25) is 0 Å². The van der Waals surface area contributed by atoms with E-state index in [0.717, 1.165) is 16.7 Å². The quantitative estimate of drug-likeness (QED) is 0.602. The van der Waals surface area contributed by atoms with E-state index in [0.29, 0.717) is 26.1 Å². The van der Waals surface area contributed by atoms with Crippen LogP contribution < -0.4 is 10.6 Å². The lowest BCUT2D eigenvalue weighted by molar-refractivity contribution is -0.122. The smallest absolute Gasteiger partial charge is 0.224 e. The summed E-state index contributed by atoms with van der Waals surface area (Å²) in [5, 5.41) is 9.94. The Hall–Kier alpha value is -3.41. The van der Waals surface area contributed by atoms with E-state index < -0.39 is 0 Å². The fourth-order valence-electron chi connectivity index (χ4n) is 2.89. The highest BCUT2D eigenvalue weighted by atomic mass is 16.2. The summed E-state index contributed by atoms with van der Waals surface area (Å²) in [5.74, 6) is -0.169. The van der Waals surface area contributed by atoms with Crippen molar-refractivity contribution >= 4 is 11.8 Å². The average molecular weight is 376 g/mol. The first-order chi connectivity index (χ1) is 13.7. The van der Waals surface area contributed by atoms with Gasteiger partial charge in [0.1, 0.15) is 0 Å². The third kappa shape index (κ3) is 6.09. The van der Waals surface area contributed by atoms with Gasteiger partial charge >= 0.3 is 0 Å². The zero-order valence-corrected chi connectivity index (χ0v) is 15.7. The first-order valence-electron chi connectivity index (χ1n) is 9.32. The summed E-state index contributed by atoms with van der Waals surface area (Å²) in [6.07, 6.45) is 4.23. The molecule has 6 nitrogen and oxygen atoms in total. The molecule has 0 aliphatic heterocycles. The maximum absolute atomic E-state index is 12.1. The van der Waals surface area contributed by atoms with Crippen LogP contribution in [-0.4, -0.2) is 28.1 Å². The van der Waals surface area contributed by atoms with E-state index >= 15 is 0 Å². The normalized spacial score (nSPS) is 10.4. The van der Waals surface area contributed by atoms with Gasteiger partial charge in [0.05, 0.1) is 13.0 Å². The Morgan fingerprint density at radius 1 is 0.857 bits per heavy atom. The topological polar surface area (TPSA) is 76.0 Å². The highest BCUT2D eigenvalue weighted by Crippen LogP contribution is 2.10. The third-order valence-electron chi connectivity index (χ3n) is 4.37. The molecule has 1 heterocycles. The highest BCUT2D eigenvalue weighted by Gasteiger charge is 2.07. The molecule has 2 amide bonds. The average Bonchev–Trinajstić information content (AvgIpc) is 3.21. The number of nitrogens with zero attached hydrogens (tertiary/aromatic N) is 2. The number of rotatable bonds is 9. The van der Waals surface area contributed by atoms with Gasteiger partial charge in [-0.3, -0.25) is 14.3 Å². The molecular weight excluding hydrogens is 352 g/mol. The molecule has 0 aliphatic rings. The van der Waals surface area contributed by atoms with Crippen molar-refractivity contribution in [2.75, 3.05) is 6.54 Å². The molecule has 6 heteroatoms. The molecule has 1 aromatic heterocycles. The third-order valence-corrected chi connectivity index (χ3v) is 4.37. The number of hydrogen-bond donors (Lipinski definition) is 2. The molecule has 2 N–H and O–H groups in total. The van der Waals surface area contributed by atoms with Crippen LogP contribution in [-0.2, 0) is 29.1 Å². The molecule has 0 unspecified atom stereocenters. The Morgan fingerprint density at radius 2 is 1.61 bits per heavy atom. The van der Waals surface area contributed by atoms with Gasteiger partial charge in [-0.25, -0.2) is 0 Å². The second kappa shape index (κ2) is 10.1. The molecule has 0 saturated carbocycles. The van der Waals surface area contributed by atoms with Gasteiger partial charge in [0.25, 0.3) is 0 Å². The van der Waals surface area contributed by atoms with E-state index in [1.165, 1.54) is 0 Å². The summed E-state index contributed by atoms with van der Waals surface area (Å²) < 4.78 is 1.85. The van der Waals surface area contributed by atoms with Crippen LogP contribution in [0.1, 0.15) is 23.1 Å². The molecule has 0 radical (unpaired) electrons. The number of carbonyl (C=O) groups excluding carboxylic acids is 2. The minimum absolute atomic E-state index is 0.0800. The fourth-order valence-corrected chi connectivity index (χ4v) is 2.89. The van der Waals surface area contributed by atoms with E-state index in [-0.39, 0.29) is 18.2 Å². The highest BCUT2D eigenvalue weighted by molar-refractivity contribution is 5.80. The lowest BCUT2D eigenvalue weighted by Gasteiger charge is -2.11. The van der Waals surface area contributed by atoms with Crippen LogP contribution >= 0.6 is 0 Å². The summed E-state index contributed by atoms with van der Waals surface area (Å²) in [6, 6.07) is 19.4. The van der Waals surface area contributed by atoms with Gasteiger partial charge in [0.2, 0.25) is 11.8 Å². The van der Waals surface area contributed by atoms with Crippen LogP contribution in [0.4, 0.5) is 0 Å². The zero-order chi connectivity index (χ0) is 19.6. The zero-order valence-electron chi connectivity index (χ0n) is 15.7. The van der Waals surface area contributed by atoms with E-state index in [2.05, 4.69) is 15.7 Å². The van der Waals surface area contributed by atoms with Crippen molar-refractivity contribution in [3.8, 4) is 0 Å². The Labute approximate surface area is 164 Å². The SMILES string of the molecule is O=C(CCNC(=O)Cc1ccccc1)NCc1ccccc1Cn1cccn1. The largest absolute Gasteiger partial charge is 0.355 e. The number of carbonyl (C=O) groups is 2. The Bertz CT molecular complexity index is 892. The molecule has 3 aromatic rings. The molecule has 0 bridgehead atoms. The lowest BCUT2D eigenvalue weighted by Crippen LogP contribution is -2.31. The van der Waals surface area contributed by atoms with Crippen LogP contribution in [0.15, 0.2) is 73.1 Å². The molecule has 144 valence electrons. The number of nitrogens with one attached hydrogen (secondary N) is 2. The van der Waals surface area contributed by atoms with Gasteiger partial charge in [-0.15, -0.1) is 0 Å². The second-order valence-corrected chi connectivity index (χ2v) is 6.51. The predicted molar refractivity (Wildman–Crippen MR) is 107 cm³/mol. The monoisotopic (exact) mass is 376 g/mol. The van der Waals surface area contributed by atoms with E-state index in [9.17, 15) is 9.59 Å². The molecule has 0 fully saturated rings. The minimum Gasteiger partial charge on any atom is -0.355 e. The van der Waals surface area contributed by atoms with Crippen molar-refractivity contribution in [1.29, 1.82) is 0 Å². The van der Waals surface area contributed by atoms with Gasteiger partial charge in [0, 0.05) is 31.9 Å². The van der Waals surface area contributed by atoms with Crippen molar-refractivity contribution in [2.45, 2.75) is 25.9 Å². The molecule has 0 spiro atoms. The summed E-state index contributed by atoms with van der Waals surface area (Å²) in [6.45, 7) is 1.44. The summed E-state index contributed by atoms with van der Waals surface area (Å²) in [5.41, 5.74) is 3.13. The summed E-state index contributed by atoms with van der Waals surface area (Å²) >= 11 is 0. The van der Waals surface area contributed by atoms with Gasteiger partial charge in [0.15, 0.2) is 0 Å². The van der Waals surface area contributed by atoms with Gasteiger partial charge in [-0.05, 0) is 22.8 Å². The van der Waals surface area contributed by atoms with Crippen LogP contribution in [0.25, 0.3) is 0 Å². The Morgan fingerprint density at radius 3 is 2.36 bits per heavy atom. The standard InChI is InChI=1S/C22H24N4O2/c27-21(11-13-23-22(28)15-18-7-2-1-3-8-18)24-16-19-9-4-5-10-20(19)17-26-14-6-12-25-26/h1-10,12,14H,11,13,15-17H2,(H,23,28)(H,24,27). The van der Waals surface area contributed by atoms with Crippen molar-refractivity contribution < 1.29 is 9.59 Å². The summed E-state index contributed by atoms with van der Waals surface area (Å²) in [7, 11) is 0. The van der Waals surface area contributed by atoms with Crippen LogP contribution in [0.5, 0.6) is 0 Å². The van der Waals surface area contributed by atoms with E-state index in [1.54, 1.807) is 6.20 Å². The van der Waals surface area contributed by atoms with Gasteiger partial charge in [-0.2, -0.15) is 5.10 Å². The molecule has 28 heavy (non-hydrogen) atoms. The van der Waals surface area contributed by atoms with Crippen molar-refractivity contribution in [3.05, 3.63) is 89.7 Å². The van der Waals surface area contributed by atoms with Crippen molar-refractivity contribution in [3.63, 3.8) is 0 Å². The molecule has 0 saturated heterocycles. The molecule has 0 aliphatic carbocycles. The van der Waals surface area contributed by atoms with Crippen molar-refractivity contribution in [2.24, 2.45) is 0 Å². The number of benzene rings is 2. The van der Waals surface area contributed by atoms with Gasteiger partial charge in [-0.1, -0.05) is 54.6 Å². The van der Waals surface area contributed by atoms with Crippen LogP contribution in [0.3, 0.4) is 0 Å². The molecular formula is C22H24N4O2. The van der Waals surface area contributed by atoms with E-state index in [1.807, 2.05) is 71.5 Å².